The zero-order chi connectivity index (χ0) is 24.6. The summed E-state index contributed by atoms with van der Waals surface area (Å²) in [7, 11) is -1.66. The molecule has 1 atom stereocenters. The minimum Gasteiger partial charge on any atom is -0.285 e. The van der Waals surface area contributed by atoms with Crippen molar-refractivity contribution in [1.82, 2.24) is 25.2 Å². The number of aromatic nitrogens is 3. The Labute approximate surface area is 183 Å². The first-order valence-corrected chi connectivity index (χ1v) is 11.1. The summed E-state index contributed by atoms with van der Waals surface area (Å²) in [5.41, 5.74) is -1.06. The highest BCUT2D eigenvalue weighted by Gasteiger charge is 2.37. The predicted molar refractivity (Wildman–Crippen MR) is 104 cm³/mol. The number of carbonyl (C=O) groups excluding carboxylic acids is 1. The highest BCUT2D eigenvalue weighted by atomic mass is 32.2. The molecule has 33 heavy (non-hydrogen) atoms. The summed E-state index contributed by atoms with van der Waals surface area (Å²) in [6, 6.07) is 0.594. The molecule has 1 aliphatic rings. The Balaban J connectivity index is 1.74. The molecule has 2 heterocycles. The predicted octanol–water partition coefficient (Wildman–Crippen LogP) is 2.60. The Morgan fingerprint density at radius 3 is 2.27 bits per heavy atom. The molecule has 1 fully saturated rings. The van der Waals surface area contributed by atoms with Crippen LogP contribution < -0.4 is 5.43 Å². The SMILES string of the molecule is CN(NC(=O)/C=C\n1cnc(-c2cc(C(F)(F)F)cc(C(F)(F)F)c2)n1)C1CCS(=O)(=O)C1. The van der Waals surface area contributed by atoms with Gasteiger partial charge in [0, 0.05) is 30.9 Å². The van der Waals surface area contributed by atoms with Gasteiger partial charge in [-0.1, -0.05) is 0 Å². The van der Waals surface area contributed by atoms with Gasteiger partial charge in [-0.15, -0.1) is 5.10 Å². The van der Waals surface area contributed by atoms with Crippen LogP contribution in [0, 0.1) is 0 Å². The zero-order valence-electron chi connectivity index (χ0n) is 16.9. The van der Waals surface area contributed by atoms with Crippen molar-refractivity contribution in [3.05, 3.63) is 41.7 Å². The summed E-state index contributed by atoms with van der Waals surface area (Å²) < 4.78 is 102. The largest absolute Gasteiger partial charge is 0.416 e. The van der Waals surface area contributed by atoms with E-state index in [2.05, 4.69) is 15.5 Å². The average Bonchev–Trinajstić information content (AvgIpc) is 3.31. The summed E-state index contributed by atoms with van der Waals surface area (Å²) >= 11 is 0. The summed E-state index contributed by atoms with van der Waals surface area (Å²) in [5.74, 6) is -1.15. The molecular formula is C18H17F6N5O3S. The van der Waals surface area contributed by atoms with Crippen molar-refractivity contribution < 1.29 is 39.6 Å². The fourth-order valence-corrected chi connectivity index (χ4v) is 4.86. The van der Waals surface area contributed by atoms with E-state index >= 15 is 0 Å². The molecule has 0 radical (unpaired) electrons. The molecule has 15 heteroatoms. The van der Waals surface area contributed by atoms with E-state index in [1.165, 1.54) is 12.1 Å². The van der Waals surface area contributed by atoms with E-state index < -0.39 is 56.7 Å². The normalized spacial score (nSPS) is 18.8. The molecule has 1 unspecified atom stereocenters. The molecule has 3 rings (SSSR count). The van der Waals surface area contributed by atoms with Gasteiger partial charge in [0.2, 0.25) is 0 Å². The standard InChI is InChI=1S/C18H17F6N5O3S/c1-28(14-3-5-33(31,32)9-14)26-15(30)2-4-29-10-25-16(27-29)11-6-12(17(19,20)21)8-13(7-11)18(22,23)24/h2,4,6-8,10,14H,3,5,9H2,1H3,(H,26,30)/b4-2-. The monoisotopic (exact) mass is 497 g/mol. The Morgan fingerprint density at radius 1 is 1.15 bits per heavy atom. The first-order chi connectivity index (χ1) is 15.1. The van der Waals surface area contributed by atoms with Crippen molar-refractivity contribution in [2.75, 3.05) is 18.6 Å². The van der Waals surface area contributed by atoms with E-state index in [9.17, 15) is 39.6 Å². The van der Waals surface area contributed by atoms with Gasteiger partial charge in [-0.2, -0.15) is 26.3 Å². The molecule has 2 aromatic rings. The lowest BCUT2D eigenvalue weighted by Crippen LogP contribution is -2.45. The molecule has 1 saturated heterocycles. The molecule has 0 saturated carbocycles. The fourth-order valence-electron chi connectivity index (χ4n) is 3.09. The number of nitrogens with one attached hydrogen (secondary N) is 1. The number of hydrogen-bond acceptors (Lipinski definition) is 6. The van der Waals surface area contributed by atoms with Crippen LogP contribution in [0.25, 0.3) is 17.6 Å². The van der Waals surface area contributed by atoms with Crippen LogP contribution in [0.4, 0.5) is 26.3 Å². The van der Waals surface area contributed by atoms with Crippen molar-refractivity contribution in [3.8, 4) is 11.4 Å². The highest BCUT2D eigenvalue weighted by Crippen LogP contribution is 2.38. The number of carbonyl (C=O) groups is 1. The topological polar surface area (TPSA) is 97.2 Å². The average molecular weight is 497 g/mol. The second kappa shape index (κ2) is 8.78. The van der Waals surface area contributed by atoms with Crippen molar-refractivity contribution in [2.24, 2.45) is 0 Å². The number of sulfone groups is 1. The van der Waals surface area contributed by atoms with Gasteiger partial charge in [-0.05, 0) is 24.6 Å². The Bertz CT molecular complexity index is 1140. The highest BCUT2D eigenvalue weighted by molar-refractivity contribution is 7.91. The number of halogens is 6. The van der Waals surface area contributed by atoms with Gasteiger partial charge in [0.25, 0.3) is 5.91 Å². The molecule has 0 bridgehead atoms. The summed E-state index contributed by atoms with van der Waals surface area (Å²) in [6.45, 7) is 0. The van der Waals surface area contributed by atoms with Crippen LogP contribution in [-0.2, 0) is 27.0 Å². The number of hydrogen-bond donors (Lipinski definition) is 1. The summed E-state index contributed by atoms with van der Waals surface area (Å²) in [6.07, 6.45) is -6.59. The van der Waals surface area contributed by atoms with E-state index in [4.69, 9.17) is 0 Å². The van der Waals surface area contributed by atoms with Crippen LogP contribution in [0.5, 0.6) is 0 Å². The van der Waals surface area contributed by atoms with Gasteiger partial charge in [-0.3, -0.25) is 10.2 Å². The van der Waals surface area contributed by atoms with Crippen molar-refractivity contribution in [1.29, 1.82) is 0 Å². The lowest BCUT2D eigenvalue weighted by Gasteiger charge is -2.22. The van der Waals surface area contributed by atoms with Crippen LogP contribution >= 0.6 is 0 Å². The Hall–Kier alpha value is -2.94. The first kappa shape index (κ1) is 24.7. The molecule has 180 valence electrons. The molecule has 0 spiro atoms. The number of rotatable bonds is 5. The van der Waals surface area contributed by atoms with Gasteiger partial charge in [0.1, 0.15) is 6.33 Å². The lowest BCUT2D eigenvalue weighted by atomic mass is 10.0. The third-order valence-electron chi connectivity index (χ3n) is 4.78. The van der Waals surface area contributed by atoms with Crippen molar-refractivity contribution in [3.63, 3.8) is 0 Å². The van der Waals surface area contributed by atoms with Gasteiger partial charge < -0.3 is 0 Å². The van der Waals surface area contributed by atoms with Gasteiger partial charge in [0.05, 0.1) is 22.6 Å². The second-order valence-corrected chi connectivity index (χ2v) is 9.53. The number of benzene rings is 1. The minimum absolute atomic E-state index is 0.00316. The van der Waals surface area contributed by atoms with Crippen LogP contribution in [0.1, 0.15) is 17.5 Å². The van der Waals surface area contributed by atoms with E-state index in [1.807, 2.05) is 0 Å². The fraction of sp³-hybridized carbons (Fsp3) is 0.389. The number of nitrogens with zero attached hydrogens (tertiary/aromatic N) is 4. The maximum Gasteiger partial charge on any atom is 0.416 e. The maximum absolute atomic E-state index is 13.0. The molecule has 1 aliphatic heterocycles. The summed E-state index contributed by atoms with van der Waals surface area (Å²) in [4.78, 5) is 15.7. The zero-order valence-corrected chi connectivity index (χ0v) is 17.7. The Kier molecular flexibility index (Phi) is 6.57. The third kappa shape index (κ3) is 6.31. The number of amides is 1. The van der Waals surface area contributed by atoms with E-state index in [0.717, 1.165) is 23.3 Å². The van der Waals surface area contributed by atoms with Crippen LogP contribution in [-0.4, -0.2) is 58.7 Å². The summed E-state index contributed by atoms with van der Waals surface area (Å²) in [5, 5.41) is 5.14. The molecule has 8 nitrogen and oxygen atoms in total. The molecule has 0 aliphatic carbocycles. The smallest absolute Gasteiger partial charge is 0.285 e. The van der Waals surface area contributed by atoms with Crippen molar-refractivity contribution in [2.45, 2.75) is 24.8 Å². The molecule has 1 aromatic carbocycles. The van der Waals surface area contributed by atoms with Gasteiger partial charge >= 0.3 is 12.4 Å². The van der Waals surface area contributed by atoms with Gasteiger partial charge in [-0.25, -0.2) is 23.1 Å². The maximum atomic E-state index is 13.0. The Morgan fingerprint density at radius 2 is 1.76 bits per heavy atom. The lowest BCUT2D eigenvalue weighted by molar-refractivity contribution is -0.143. The quantitative estimate of drug-likeness (QED) is 0.388. The minimum atomic E-state index is -5.01. The van der Waals surface area contributed by atoms with Crippen LogP contribution in [0.2, 0.25) is 0 Å². The van der Waals surface area contributed by atoms with Gasteiger partial charge in [0.15, 0.2) is 15.7 Å². The number of hydrazine groups is 1. The van der Waals surface area contributed by atoms with Crippen molar-refractivity contribution >= 4 is 21.9 Å². The molecular weight excluding hydrogens is 480 g/mol. The van der Waals surface area contributed by atoms with Crippen LogP contribution in [0.15, 0.2) is 30.6 Å². The van der Waals surface area contributed by atoms with E-state index in [0.29, 0.717) is 18.6 Å². The van der Waals surface area contributed by atoms with E-state index in [1.54, 1.807) is 0 Å². The third-order valence-corrected chi connectivity index (χ3v) is 6.53. The number of alkyl halides is 6. The van der Waals surface area contributed by atoms with E-state index in [-0.39, 0.29) is 17.6 Å². The molecule has 1 N–H and O–H groups in total. The molecule has 1 amide bonds. The van der Waals surface area contributed by atoms with Crippen LogP contribution in [0.3, 0.4) is 0 Å². The first-order valence-electron chi connectivity index (χ1n) is 9.27. The molecule has 1 aromatic heterocycles. The second-order valence-electron chi connectivity index (χ2n) is 7.30.